The second-order valence-electron chi connectivity index (χ2n) is 13.3. The van der Waals surface area contributed by atoms with Crippen LogP contribution in [0.25, 0.3) is 0 Å². The number of unbranched alkanes of at least 4 members (excludes halogenated alkanes) is 22. The molecule has 0 atom stereocenters. The Bertz CT molecular complexity index is 610. The molecular weight excluding hydrogens is 625 g/mol. The van der Waals surface area contributed by atoms with E-state index in [1.807, 2.05) is 28.6 Å². The van der Waals surface area contributed by atoms with Gasteiger partial charge in [0.15, 0.2) is 0 Å². The van der Waals surface area contributed by atoms with E-state index in [4.69, 9.17) is 9.47 Å². The first-order valence-electron chi connectivity index (χ1n) is 20.1. The highest BCUT2D eigenvalue weighted by molar-refractivity contribution is 8.76. The van der Waals surface area contributed by atoms with Crippen molar-refractivity contribution in [1.29, 1.82) is 0 Å². The Kier molecular flexibility index (Phi) is 39.6. The van der Waals surface area contributed by atoms with Crippen molar-refractivity contribution in [3.05, 3.63) is 0 Å². The minimum atomic E-state index is -0.122. The van der Waals surface area contributed by atoms with E-state index in [0.29, 0.717) is 39.1 Å². The van der Waals surface area contributed by atoms with E-state index < -0.39 is 0 Å². The highest BCUT2D eigenvalue weighted by atomic mass is 33.1. The molecule has 0 saturated carbocycles. The summed E-state index contributed by atoms with van der Waals surface area (Å²) in [5.41, 5.74) is 0. The second-order valence-corrected chi connectivity index (χ2v) is 16.0. The van der Waals surface area contributed by atoms with Crippen LogP contribution in [0.1, 0.15) is 181 Å². The van der Waals surface area contributed by atoms with Gasteiger partial charge in [-0.05, 0) is 19.9 Å². The Hall–Kier alpha value is -0.440. The fraction of sp³-hybridized carbons (Fsp3) is 0.949. The minimum Gasteiger partial charge on any atom is -0.466 e. The highest BCUT2D eigenvalue weighted by Gasteiger charge is 2.12. The summed E-state index contributed by atoms with van der Waals surface area (Å²) in [5, 5.41) is 3.18. The van der Waals surface area contributed by atoms with Gasteiger partial charge in [-0.3, -0.25) is 9.59 Å². The third-order valence-corrected chi connectivity index (χ3v) is 11.2. The Balaban J connectivity index is 3.99. The van der Waals surface area contributed by atoms with Gasteiger partial charge in [0.25, 0.3) is 0 Å². The lowest BCUT2D eigenvalue weighted by Gasteiger charge is -2.21. The molecule has 0 radical (unpaired) electrons. The topological polar surface area (TPSA) is 67.9 Å². The number of carbonyl (C=O) groups excluding carboxylic acids is 2. The van der Waals surface area contributed by atoms with E-state index in [1.54, 1.807) is 0 Å². The molecule has 0 aliphatic rings. The number of nitrogens with one attached hydrogen (secondary N) is 1. The molecule has 0 aliphatic heterocycles. The van der Waals surface area contributed by atoms with Crippen LogP contribution in [-0.2, 0) is 19.1 Å². The summed E-state index contributed by atoms with van der Waals surface area (Å²) >= 11 is 0. The number of carbonyl (C=O) groups is 2. The third kappa shape index (κ3) is 38.2. The number of hydrogen-bond acceptors (Lipinski definition) is 8. The van der Waals surface area contributed by atoms with E-state index in [0.717, 1.165) is 50.3 Å². The average molecular weight is 703 g/mol. The maximum absolute atomic E-state index is 12.4. The van der Waals surface area contributed by atoms with E-state index in [2.05, 4.69) is 24.1 Å². The maximum Gasteiger partial charge on any atom is 0.307 e. The first-order valence-corrected chi connectivity index (χ1v) is 22.5. The number of nitrogens with zero attached hydrogens (tertiary/aromatic N) is 1. The van der Waals surface area contributed by atoms with Crippen LogP contribution in [0.4, 0.5) is 0 Å². The molecule has 0 saturated heterocycles. The molecule has 0 bridgehead atoms. The molecule has 0 unspecified atom stereocenters. The van der Waals surface area contributed by atoms with Crippen molar-refractivity contribution in [2.24, 2.45) is 0 Å². The summed E-state index contributed by atoms with van der Waals surface area (Å²) in [6, 6.07) is 0. The van der Waals surface area contributed by atoms with Gasteiger partial charge in [-0.1, -0.05) is 177 Å². The van der Waals surface area contributed by atoms with Gasteiger partial charge in [0, 0.05) is 37.7 Å². The Morgan fingerprint density at radius 3 is 1.19 bits per heavy atom. The van der Waals surface area contributed by atoms with Crippen LogP contribution in [0.5, 0.6) is 0 Å². The summed E-state index contributed by atoms with van der Waals surface area (Å²) < 4.78 is 11.1. The van der Waals surface area contributed by atoms with Crippen LogP contribution >= 0.6 is 21.6 Å². The maximum atomic E-state index is 12.4. The molecule has 0 spiro atoms. The van der Waals surface area contributed by atoms with Gasteiger partial charge in [0.1, 0.15) is 0 Å². The van der Waals surface area contributed by atoms with Crippen molar-refractivity contribution in [3.8, 4) is 0 Å². The van der Waals surface area contributed by atoms with Crippen LogP contribution in [0.2, 0.25) is 0 Å². The van der Waals surface area contributed by atoms with Gasteiger partial charge in [0.05, 0.1) is 26.1 Å². The zero-order valence-corrected chi connectivity index (χ0v) is 33.1. The molecule has 0 fully saturated rings. The van der Waals surface area contributed by atoms with Gasteiger partial charge in [-0.2, -0.15) is 0 Å². The molecule has 1 N–H and O–H groups in total. The Labute approximate surface area is 300 Å². The molecule has 0 amide bonds. The van der Waals surface area contributed by atoms with Gasteiger partial charge in [-0.25, -0.2) is 0 Å². The van der Waals surface area contributed by atoms with E-state index in [9.17, 15) is 9.59 Å². The molecule has 8 heteroatoms. The monoisotopic (exact) mass is 703 g/mol. The van der Waals surface area contributed by atoms with Crippen molar-refractivity contribution >= 4 is 33.5 Å². The van der Waals surface area contributed by atoms with E-state index in [-0.39, 0.29) is 11.9 Å². The van der Waals surface area contributed by atoms with Gasteiger partial charge >= 0.3 is 11.9 Å². The molecule has 0 aromatic carbocycles. The van der Waals surface area contributed by atoms with E-state index >= 15 is 0 Å². The fourth-order valence-electron chi connectivity index (χ4n) is 5.66. The SMILES string of the molecule is CCCCCCCCCCCCCCOC(=O)CCN(CCSSCCNC)CCC(=O)OCCCCCCCCCCCCCC. The predicted octanol–water partition coefficient (Wildman–Crippen LogP) is 11.2. The fourth-order valence-corrected chi connectivity index (χ4v) is 7.70. The van der Waals surface area contributed by atoms with Gasteiger partial charge in [-0.15, -0.1) is 0 Å². The molecule has 0 aromatic heterocycles. The average Bonchev–Trinajstić information content (AvgIpc) is 3.07. The molecule has 0 aromatic rings. The molecule has 280 valence electrons. The standard InChI is InChI=1S/C39H78N2O4S2/c1-4-6-8-10-12-14-16-18-20-22-24-26-34-44-38(42)28-31-41(33-37-47-46-36-30-40-3)32-29-39(43)45-35-27-25-23-21-19-17-15-13-11-9-7-5-2/h40H,4-37H2,1-3H3. The molecular formula is C39H78N2O4S2. The Morgan fingerprint density at radius 1 is 0.489 bits per heavy atom. The number of hydrogen-bond donors (Lipinski definition) is 1. The normalized spacial score (nSPS) is 11.4. The lowest BCUT2D eigenvalue weighted by atomic mass is 10.1. The van der Waals surface area contributed by atoms with Crippen LogP contribution in [0, 0.1) is 0 Å². The van der Waals surface area contributed by atoms with Crippen LogP contribution in [-0.4, -0.2) is 74.8 Å². The second kappa shape index (κ2) is 40.0. The van der Waals surface area contributed by atoms with Crippen molar-refractivity contribution in [2.45, 2.75) is 181 Å². The number of esters is 2. The van der Waals surface area contributed by atoms with Gasteiger partial charge in [0.2, 0.25) is 0 Å². The summed E-state index contributed by atoms with van der Waals surface area (Å²) in [6.45, 7) is 8.71. The van der Waals surface area contributed by atoms with Crippen molar-refractivity contribution in [3.63, 3.8) is 0 Å². The summed E-state index contributed by atoms with van der Waals surface area (Å²) in [6.07, 6.45) is 32.0. The third-order valence-electron chi connectivity index (χ3n) is 8.80. The summed E-state index contributed by atoms with van der Waals surface area (Å²) in [5.74, 6) is 1.79. The molecule has 6 nitrogen and oxygen atoms in total. The quantitative estimate of drug-likeness (QED) is 0.0386. The van der Waals surface area contributed by atoms with Crippen LogP contribution in [0.3, 0.4) is 0 Å². The smallest absolute Gasteiger partial charge is 0.307 e. The van der Waals surface area contributed by atoms with Crippen LogP contribution < -0.4 is 5.32 Å². The first kappa shape index (κ1) is 46.6. The zero-order valence-electron chi connectivity index (χ0n) is 31.4. The molecule has 0 heterocycles. The van der Waals surface area contributed by atoms with Gasteiger partial charge < -0.3 is 19.7 Å². The number of rotatable bonds is 39. The summed E-state index contributed by atoms with van der Waals surface area (Å²) in [7, 11) is 5.69. The molecule has 0 rings (SSSR count). The number of ether oxygens (including phenoxy) is 2. The van der Waals surface area contributed by atoms with Crippen molar-refractivity contribution < 1.29 is 19.1 Å². The molecule has 47 heavy (non-hydrogen) atoms. The van der Waals surface area contributed by atoms with Crippen molar-refractivity contribution in [1.82, 2.24) is 10.2 Å². The largest absolute Gasteiger partial charge is 0.466 e. The van der Waals surface area contributed by atoms with Crippen molar-refractivity contribution in [2.75, 3.05) is 57.9 Å². The molecule has 0 aliphatic carbocycles. The minimum absolute atomic E-state index is 0.122. The summed E-state index contributed by atoms with van der Waals surface area (Å²) in [4.78, 5) is 27.1. The predicted molar refractivity (Wildman–Crippen MR) is 209 cm³/mol. The lowest BCUT2D eigenvalue weighted by Crippen LogP contribution is -2.31. The Morgan fingerprint density at radius 2 is 0.830 bits per heavy atom. The van der Waals surface area contributed by atoms with E-state index in [1.165, 1.54) is 128 Å². The zero-order chi connectivity index (χ0) is 34.3. The lowest BCUT2D eigenvalue weighted by molar-refractivity contribution is -0.144. The highest BCUT2D eigenvalue weighted by Crippen LogP contribution is 2.20. The van der Waals surface area contributed by atoms with Crippen LogP contribution in [0.15, 0.2) is 0 Å². The first-order chi connectivity index (χ1) is 23.1.